The average Bonchev–Trinajstić information content (AvgIpc) is 2.67. The number of methoxy groups -OCH3 is 1. The van der Waals surface area contributed by atoms with Crippen LogP contribution in [0.1, 0.15) is 51.0 Å². The van der Waals surface area contributed by atoms with Crippen molar-refractivity contribution in [3.05, 3.63) is 75.5 Å². The Morgan fingerprint density at radius 1 is 1.17 bits per heavy atom. The SMILES string of the molecule is CO/C(C(C)=N)=C(/N)c1cc(C(=O)N2CC(c3ccc(C#N)cc3)C2)c(C)cc1C. The molecule has 30 heavy (non-hydrogen) atoms. The number of likely N-dealkylation sites (tertiary alicyclic amines) is 1. The Hall–Kier alpha value is -3.59. The monoisotopic (exact) mass is 402 g/mol. The minimum absolute atomic E-state index is 0.0306. The lowest BCUT2D eigenvalue weighted by Crippen LogP contribution is -2.48. The molecule has 1 fully saturated rings. The summed E-state index contributed by atoms with van der Waals surface area (Å²) >= 11 is 0. The van der Waals surface area contributed by atoms with E-state index < -0.39 is 0 Å². The van der Waals surface area contributed by atoms with Gasteiger partial charge in [0.1, 0.15) is 0 Å². The molecule has 0 aliphatic carbocycles. The zero-order valence-corrected chi connectivity index (χ0v) is 17.7. The quantitative estimate of drug-likeness (QED) is 0.587. The summed E-state index contributed by atoms with van der Waals surface area (Å²) in [5, 5.41) is 16.8. The Kier molecular flexibility index (Phi) is 5.93. The van der Waals surface area contributed by atoms with Gasteiger partial charge in [-0.1, -0.05) is 18.2 Å². The first-order valence-corrected chi connectivity index (χ1v) is 9.77. The van der Waals surface area contributed by atoms with E-state index in [4.69, 9.17) is 21.1 Å². The number of nitriles is 1. The van der Waals surface area contributed by atoms with Crippen LogP contribution in [0.4, 0.5) is 0 Å². The zero-order valence-electron chi connectivity index (χ0n) is 17.7. The molecule has 0 atom stereocenters. The molecule has 1 aliphatic rings. The summed E-state index contributed by atoms with van der Waals surface area (Å²) in [4.78, 5) is 15.0. The van der Waals surface area contributed by atoms with Gasteiger partial charge in [-0.25, -0.2) is 0 Å². The van der Waals surface area contributed by atoms with Crippen LogP contribution in [0.3, 0.4) is 0 Å². The molecule has 6 nitrogen and oxygen atoms in total. The van der Waals surface area contributed by atoms with Crippen LogP contribution in [0.15, 0.2) is 42.2 Å². The number of hydrogen-bond acceptors (Lipinski definition) is 5. The third-order valence-electron chi connectivity index (χ3n) is 5.56. The number of allylic oxidation sites excluding steroid dienone is 1. The van der Waals surface area contributed by atoms with E-state index in [0.29, 0.717) is 41.2 Å². The molecule has 0 radical (unpaired) electrons. The van der Waals surface area contributed by atoms with Gasteiger partial charge in [0.25, 0.3) is 5.91 Å². The normalized spacial score (nSPS) is 14.4. The van der Waals surface area contributed by atoms with Crippen LogP contribution in [0, 0.1) is 30.6 Å². The van der Waals surface area contributed by atoms with Gasteiger partial charge in [0.05, 0.1) is 30.2 Å². The maximum atomic E-state index is 13.1. The minimum atomic E-state index is -0.0306. The fourth-order valence-corrected chi connectivity index (χ4v) is 3.82. The number of amides is 1. The van der Waals surface area contributed by atoms with Crippen molar-refractivity contribution in [1.29, 1.82) is 10.7 Å². The number of carbonyl (C=O) groups is 1. The van der Waals surface area contributed by atoms with E-state index in [1.54, 1.807) is 13.0 Å². The van der Waals surface area contributed by atoms with E-state index in [1.807, 2.05) is 49.1 Å². The van der Waals surface area contributed by atoms with Gasteiger partial charge in [-0.05, 0) is 55.7 Å². The van der Waals surface area contributed by atoms with Crippen molar-refractivity contribution >= 4 is 17.3 Å². The molecule has 3 N–H and O–H groups in total. The van der Waals surface area contributed by atoms with Gasteiger partial charge in [-0.2, -0.15) is 5.26 Å². The second kappa shape index (κ2) is 8.42. The van der Waals surface area contributed by atoms with Crippen molar-refractivity contribution in [2.45, 2.75) is 26.7 Å². The number of nitrogens with two attached hydrogens (primary N) is 1. The summed E-state index contributed by atoms with van der Waals surface area (Å²) in [5.74, 6) is 0.555. The smallest absolute Gasteiger partial charge is 0.254 e. The molecule has 1 heterocycles. The van der Waals surface area contributed by atoms with Gasteiger partial charge < -0.3 is 20.8 Å². The van der Waals surface area contributed by atoms with E-state index >= 15 is 0 Å². The Labute approximate surface area is 177 Å². The predicted octanol–water partition coefficient (Wildman–Crippen LogP) is 3.73. The van der Waals surface area contributed by atoms with Gasteiger partial charge in [0, 0.05) is 30.1 Å². The van der Waals surface area contributed by atoms with Crippen LogP contribution in [0.2, 0.25) is 0 Å². The molecule has 154 valence electrons. The predicted molar refractivity (Wildman–Crippen MR) is 117 cm³/mol. The highest BCUT2D eigenvalue weighted by Crippen LogP contribution is 2.30. The van der Waals surface area contributed by atoms with E-state index in [9.17, 15) is 4.79 Å². The largest absolute Gasteiger partial charge is 0.493 e. The second-order valence-corrected chi connectivity index (χ2v) is 7.69. The lowest BCUT2D eigenvalue weighted by atomic mass is 9.89. The van der Waals surface area contributed by atoms with Gasteiger partial charge in [-0.3, -0.25) is 4.79 Å². The van der Waals surface area contributed by atoms with Crippen molar-refractivity contribution in [3.63, 3.8) is 0 Å². The zero-order chi connectivity index (χ0) is 22.0. The first-order valence-electron chi connectivity index (χ1n) is 9.77. The summed E-state index contributed by atoms with van der Waals surface area (Å²) < 4.78 is 5.29. The summed E-state index contributed by atoms with van der Waals surface area (Å²) in [6.45, 7) is 6.75. The first-order chi connectivity index (χ1) is 14.3. The Bertz CT molecular complexity index is 1070. The number of nitrogens with zero attached hydrogens (tertiary/aromatic N) is 2. The van der Waals surface area contributed by atoms with Gasteiger partial charge >= 0.3 is 0 Å². The fraction of sp³-hybridized carbons (Fsp3) is 0.292. The molecule has 6 heteroatoms. The minimum Gasteiger partial charge on any atom is -0.493 e. The molecule has 2 aromatic carbocycles. The van der Waals surface area contributed by atoms with E-state index in [1.165, 1.54) is 7.11 Å². The average molecular weight is 402 g/mol. The topological polar surface area (TPSA) is 103 Å². The number of ether oxygens (including phenoxy) is 1. The summed E-state index contributed by atoms with van der Waals surface area (Å²) in [6.07, 6.45) is 0. The standard InChI is InChI=1S/C24H26N4O2/c1-14-9-15(2)21(10-20(14)22(27)23(30-4)16(3)26)24(29)28-12-19(13-28)18-7-5-17(11-25)6-8-18/h5-10,19,26H,12-13,27H2,1-4H3/b23-22+,26-16?. The first kappa shape index (κ1) is 21.1. The molecule has 0 spiro atoms. The molecule has 0 saturated carbocycles. The molecule has 0 aromatic heterocycles. The van der Waals surface area contributed by atoms with Crippen LogP contribution < -0.4 is 5.73 Å². The van der Waals surface area contributed by atoms with Crippen molar-refractivity contribution in [2.75, 3.05) is 20.2 Å². The maximum Gasteiger partial charge on any atom is 0.254 e. The Morgan fingerprint density at radius 3 is 2.30 bits per heavy atom. The highest BCUT2D eigenvalue weighted by Gasteiger charge is 2.33. The highest BCUT2D eigenvalue weighted by molar-refractivity contribution is 6.02. The molecule has 0 unspecified atom stereocenters. The van der Waals surface area contributed by atoms with Crippen molar-refractivity contribution in [2.24, 2.45) is 5.73 Å². The summed E-state index contributed by atoms with van der Waals surface area (Å²) in [6, 6.07) is 13.4. The van der Waals surface area contributed by atoms with Crippen molar-refractivity contribution in [1.82, 2.24) is 4.90 Å². The molecule has 2 aromatic rings. The van der Waals surface area contributed by atoms with Gasteiger partial charge in [-0.15, -0.1) is 0 Å². The lowest BCUT2D eigenvalue weighted by molar-refractivity contribution is 0.0601. The molecule has 1 amide bonds. The van der Waals surface area contributed by atoms with Crippen LogP contribution >= 0.6 is 0 Å². The number of benzene rings is 2. The molecule has 3 rings (SSSR count). The van der Waals surface area contributed by atoms with Crippen LogP contribution in [0.25, 0.3) is 5.70 Å². The van der Waals surface area contributed by atoms with Crippen molar-refractivity contribution < 1.29 is 9.53 Å². The molecule has 1 saturated heterocycles. The second-order valence-electron chi connectivity index (χ2n) is 7.69. The molecule has 0 bridgehead atoms. The number of aryl methyl sites for hydroxylation is 2. The van der Waals surface area contributed by atoms with Crippen LogP contribution in [0.5, 0.6) is 0 Å². The number of hydrogen-bond donors (Lipinski definition) is 2. The van der Waals surface area contributed by atoms with Gasteiger partial charge in [0.15, 0.2) is 5.76 Å². The Balaban J connectivity index is 1.83. The molecular formula is C24H26N4O2. The van der Waals surface area contributed by atoms with Crippen LogP contribution in [-0.4, -0.2) is 36.7 Å². The highest BCUT2D eigenvalue weighted by atomic mass is 16.5. The van der Waals surface area contributed by atoms with Gasteiger partial charge in [0.2, 0.25) is 0 Å². The van der Waals surface area contributed by atoms with Crippen LogP contribution in [-0.2, 0) is 4.74 Å². The third kappa shape index (κ3) is 3.92. The number of carbonyl (C=O) groups excluding carboxylic acids is 1. The fourth-order valence-electron chi connectivity index (χ4n) is 3.82. The summed E-state index contributed by atoms with van der Waals surface area (Å²) in [7, 11) is 1.49. The maximum absolute atomic E-state index is 13.1. The molecular weight excluding hydrogens is 376 g/mol. The Morgan fingerprint density at radius 2 is 1.77 bits per heavy atom. The summed E-state index contributed by atoms with van der Waals surface area (Å²) in [5.41, 5.74) is 11.8. The van der Waals surface area contributed by atoms with E-state index in [0.717, 1.165) is 16.7 Å². The number of nitrogens with one attached hydrogen (secondary N) is 1. The van der Waals surface area contributed by atoms with E-state index in [-0.39, 0.29) is 17.5 Å². The molecule has 1 aliphatic heterocycles. The van der Waals surface area contributed by atoms with E-state index in [2.05, 4.69) is 6.07 Å². The van der Waals surface area contributed by atoms with Crippen molar-refractivity contribution in [3.8, 4) is 6.07 Å². The third-order valence-corrected chi connectivity index (χ3v) is 5.56. The number of rotatable bonds is 5. The lowest BCUT2D eigenvalue weighted by Gasteiger charge is -2.40.